The van der Waals surface area contributed by atoms with Gasteiger partial charge in [0.2, 0.25) is 0 Å². The quantitative estimate of drug-likeness (QED) is 0.874. The number of carbonyl (C=O) groups excluding carboxylic acids is 1. The second-order valence-electron chi connectivity index (χ2n) is 4.85. The van der Waals surface area contributed by atoms with Gasteiger partial charge in [-0.2, -0.15) is 0 Å². The molecule has 0 atom stereocenters. The first-order valence-electron chi connectivity index (χ1n) is 7.23. The Morgan fingerprint density at radius 3 is 2.52 bits per heavy atom. The van der Waals surface area contributed by atoms with E-state index in [0.29, 0.717) is 12.1 Å². The molecule has 0 radical (unpaired) electrons. The van der Waals surface area contributed by atoms with Crippen molar-refractivity contribution in [2.75, 3.05) is 0 Å². The van der Waals surface area contributed by atoms with E-state index in [1.165, 1.54) is 0 Å². The van der Waals surface area contributed by atoms with Crippen LogP contribution in [-0.2, 0) is 6.54 Å². The number of unbranched alkanes of at least 4 members (excludes halogenated alkanes) is 1. The summed E-state index contributed by atoms with van der Waals surface area (Å²) in [5.41, 5.74) is 2.84. The number of hydrogen-bond donors (Lipinski definition) is 1. The summed E-state index contributed by atoms with van der Waals surface area (Å²) in [7, 11) is 0. The van der Waals surface area contributed by atoms with Gasteiger partial charge in [0.15, 0.2) is 0 Å². The largest absolute Gasteiger partial charge is 0.348 e. The summed E-state index contributed by atoms with van der Waals surface area (Å²) in [6, 6.07) is 11.4. The van der Waals surface area contributed by atoms with E-state index in [1.807, 2.05) is 36.4 Å². The molecular weight excluding hydrogens is 260 g/mol. The van der Waals surface area contributed by atoms with E-state index < -0.39 is 0 Å². The van der Waals surface area contributed by atoms with Crippen LogP contribution in [0, 0.1) is 0 Å². The first-order chi connectivity index (χ1) is 10.3. The molecule has 1 aromatic carbocycles. The van der Waals surface area contributed by atoms with Crippen LogP contribution >= 0.6 is 0 Å². The molecule has 1 N–H and O–H groups in total. The van der Waals surface area contributed by atoms with Gasteiger partial charge in [-0.15, -0.1) is 0 Å². The summed E-state index contributed by atoms with van der Waals surface area (Å²) in [6.45, 7) is 2.67. The molecule has 1 amide bonds. The van der Waals surface area contributed by atoms with Crippen LogP contribution in [0.25, 0.3) is 6.08 Å². The summed E-state index contributed by atoms with van der Waals surface area (Å²) < 4.78 is 0. The van der Waals surface area contributed by atoms with Gasteiger partial charge in [0.25, 0.3) is 5.91 Å². The second kappa shape index (κ2) is 8.00. The molecular formula is C18H20N2O. The molecule has 1 heterocycles. The Labute approximate surface area is 125 Å². The van der Waals surface area contributed by atoms with E-state index in [-0.39, 0.29) is 5.91 Å². The Morgan fingerprint density at radius 2 is 1.86 bits per heavy atom. The average molecular weight is 280 g/mol. The highest BCUT2D eigenvalue weighted by Gasteiger charge is 2.04. The van der Waals surface area contributed by atoms with Crippen LogP contribution in [0.4, 0.5) is 0 Å². The van der Waals surface area contributed by atoms with Crippen LogP contribution in [0.2, 0.25) is 0 Å². The molecule has 0 unspecified atom stereocenters. The molecule has 0 spiro atoms. The van der Waals surface area contributed by atoms with Gasteiger partial charge in [-0.05, 0) is 41.8 Å². The molecule has 2 aromatic rings. The summed E-state index contributed by atoms with van der Waals surface area (Å²) in [4.78, 5) is 16.0. The maximum absolute atomic E-state index is 12.0. The zero-order valence-corrected chi connectivity index (χ0v) is 12.3. The fourth-order valence-electron chi connectivity index (χ4n) is 1.92. The minimum atomic E-state index is -0.0594. The lowest BCUT2D eigenvalue weighted by atomic mass is 10.1. The number of nitrogens with one attached hydrogen (secondary N) is 1. The molecule has 0 fully saturated rings. The van der Waals surface area contributed by atoms with Gasteiger partial charge in [0.1, 0.15) is 0 Å². The van der Waals surface area contributed by atoms with E-state index in [0.717, 1.165) is 24.0 Å². The van der Waals surface area contributed by atoms with Gasteiger partial charge in [0, 0.05) is 24.5 Å². The SMILES string of the molecule is CCC/C=C/c1ccc(C(=O)NCc2ccncc2)cc1. The number of allylic oxidation sites excluding steroid dienone is 1. The summed E-state index contributed by atoms with van der Waals surface area (Å²) >= 11 is 0. The number of amides is 1. The summed E-state index contributed by atoms with van der Waals surface area (Å²) in [6.07, 6.45) is 9.90. The van der Waals surface area contributed by atoms with Gasteiger partial charge in [-0.1, -0.05) is 37.6 Å². The molecule has 0 saturated heterocycles. The Balaban J connectivity index is 1.90. The molecule has 3 nitrogen and oxygen atoms in total. The fraction of sp³-hybridized carbons (Fsp3) is 0.222. The van der Waals surface area contributed by atoms with Crippen molar-refractivity contribution in [1.29, 1.82) is 0 Å². The molecule has 3 heteroatoms. The Kier molecular flexibility index (Phi) is 5.71. The van der Waals surface area contributed by atoms with Crippen molar-refractivity contribution in [2.24, 2.45) is 0 Å². The minimum Gasteiger partial charge on any atom is -0.348 e. The highest BCUT2D eigenvalue weighted by molar-refractivity contribution is 5.94. The molecule has 21 heavy (non-hydrogen) atoms. The van der Waals surface area contributed by atoms with Gasteiger partial charge in [-0.25, -0.2) is 0 Å². The van der Waals surface area contributed by atoms with Crippen molar-refractivity contribution < 1.29 is 4.79 Å². The van der Waals surface area contributed by atoms with Crippen LogP contribution < -0.4 is 5.32 Å². The first kappa shape index (κ1) is 15.0. The zero-order chi connectivity index (χ0) is 14.9. The van der Waals surface area contributed by atoms with Crippen molar-refractivity contribution in [3.05, 3.63) is 71.6 Å². The van der Waals surface area contributed by atoms with Gasteiger partial charge >= 0.3 is 0 Å². The molecule has 0 aliphatic heterocycles. The normalized spacial score (nSPS) is 10.7. The number of benzene rings is 1. The van der Waals surface area contributed by atoms with Crippen LogP contribution in [0.15, 0.2) is 54.9 Å². The van der Waals surface area contributed by atoms with E-state index in [1.54, 1.807) is 12.4 Å². The predicted molar refractivity (Wildman–Crippen MR) is 85.8 cm³/mol. The van der Waals surface area contributed by atoms with E-state index in [9.17, 15) is 4.79 Å². The van der Waals surface area contributed by atoms with Gasteiger partial charge < -0.3 is 5.32 Å². The minimum absolute atomic E-state index is 0.0594. The van der Waals surface area contributed by atoms with Gasteiger partial charge in [-0.3, -0.25) is 9.78 Å². The summed E-state index contributed by atoms with van der Waals surface area (Å²) in [5, 5.41) is 2.90. The number of hydrogen-bond acceptors (Lipinski definition) is 2. The highest BCUT2D eigenvalue weighted by Crippen LogP contribution is 2.07. The number of rotatable bonds is 6. The lowest BCUT2D eigenvalue weighted by molar-refractivity contribution is 0.0951. The van der Waals surface area contributed by atoms with Crippen LogP contribution in [-0.4, -0.2) is 10.9 Å². The first-order valence-corrected chi connectivity index (χ1v) is 7.23. The van der Waals surface area contributed by atoms with Crippen molar-refractivity contribution in [3.8, 4) is 0 Å². The van der Waals surface area contributed by atoms with E-state index in [2.05, 4.69) is 29.4 Å². The predicted octanol–water partition coefficient (Wildman–Crippen LogP) is 3.82. The monoisotopic (exact) mass is 280 g/mol. The molecule has 0 aliphatic carbocycles. The molecule has 0 aliphatic rings. The number of nitrogens with zero attached hydrogens (tertiary/aromatic N) is 1. The highest BCUT2D eigenvalue weighted by atomic mass is 16.1. The van der Waals surface area contributed by atoms with Crippen LogP contribution in [0.1, 0.15) is 41.3 Å². The molecule has 0 saturated carbocycles. The Bertz CT molecular complexity index is 588. The Hall–Kier alpha value is -2.42. The zero-order valence-electron chi connectivity index (χ0n) is 12.3. The maximum atomic E-state index is 12.0. The van der Waals surface area contributed by atoms with E-state index >= 15 is 0 Å². The molecule has 2 rings (SSSR count). The van der Waals surface area contributed by atoms with E-state index in [4.69, 9.17) is 0 Å². The van der Waals surface area contributed by atoms with Crippen molar-refractivity contribution >= 4 is 12.0 Å². The smallest absolute Gasteiger partial charge is 0.251 e. The molecule has 108 valence electrons. The van der Waals surface area contributed by atoms with Gasteiger partial charge in [0.05, 0.1) is 0 Å². The topological polar surface area (TPSA) is 42.0 Å². The van der Waals surface area contributed by atoms with Crippen molar-refractivity contribution in [2.45, 2.75) is 26.3 Å². The third kappa shape index (κ3) is 4.88. The molecule has 1 aromatic heterocycles. The van der Waals surface area contributed by atoms with Crippen LogP contribution in [0.5, 0.6) is 0 Å². The number of carbonyl (C=O) groups is 1. The van der Waals surface area contributed by atoms with Crippen LogP contribution in [0.3, 0.4) is 0 Å². The third-order valence-electron chi connectivity index (χ3n) is 3.14. The molecule has 0 bridgehead atoms. The lowest BCUT2D eigenvalue weighted by Crippen LogP contribution is -2.22. The Morgan fingerprint density at radius 1 is 1.14 bits per heavy atom. The lowest BCUT2D eigenvalue weighted by Gasteiger charge is -2.05. The number of aromatic nitrogens is 1. The maximum Gasteiger partial charge on any atom is 0.251 e. The standard InChI is InChI=1S/C18H20N2O/c1-2-3-4-5-15-6-8-17(9-7-15)18(21)20-14-16-10-12-19-13-11-16/h4-13H,2-3,14H2,1H3,(H,20,21)/b5-4+. The second-order valence-corrected chi connectivity index (χ2v) is 4.85. The fourth-order valence-corrected chi connectivity index (χ4v) is 1.92. The third-order valence-corrected chi connectivity index (χ3v) is 3.14. The summed E-state index contributed by atoms with van der Waals surface area (Å²) in [5.74, 6) is -0.0594. The van der Waals surface area contributed by atoms with Crippen molar-refractivity contribution in [1.82, 2.24) is 10.3 Å². The number of pyridine rings is 1. The van der Waals surface area contributed by atoms with Crippen molar-refractivity contribution in [3.63, 3.8) is 0 Å². The average Bonchev–Trinajstić information content (AvgIpc) is 2.54.